The van der Waals surface area contributed by atoms with Crippen LogP contribution in [0.4, 0.5) is 0 Å². The first-order chi connectivity index (χ1) is 10.6. The van der Waals surface area contributed by atoms with Gasteiger partial charge in [0.25, 0.3) is 11.6 Å². The van der Waals surface area contributed by atoms with E-state index in [1.165, 1.54) is 6.20 Å². The number of halogens is 1. The molecule has 1 aliphatic heterocycles. The van der Waals surface area contributed by atoms with Crippen LogP contribution >= 0.6 is 12.4 Å². The molecule has 0 aliphatic carbocycles. The van der Waals surface area contributed by atoms with Gasteiger partial charge in [0, 0.05) is 31.7 Å². The van der Waals surface area contributed by atoms with Crippen molar-refractivity contribution in [2.75, 3.05) is 19.6 Å². The molecule has 1 amide bonds. The topological polar surface area (TPSA) is 100 Å². The third kappa shape index (κ3) is 3.63. The van der Waals surface area contributed by atoms with Gasteiger partial charge in [-0.3, -0.25) is 4.79 Å². The van der Waals surface area contributed by atoms with Gasteiger partial charge >= 0.3 is 0 Å². The molecule has 7 nitrogen and oxygen atoms in total. The minimum absolute atomic E-state index is 0. The van der Waals surface area contributed by atoms with Gasteiger partial charge in [-0.15, -0.1) is 12.4 Å². The van der Waals surface area contributed by atoms with Crippen LogP contribution in [0.3, 0.4) is 0 Å². The van der Waals surface area contributed by atoms with Gasteiger partial charge in [-0.1, -0.05) is 19.0 Å². The maximum atomic E-state index is 12.3. The van der Waals surface area contributed by atoms with Crippen molar-refractivity contribution in [2.45, 2.75) is 25.9 Å². The summed E-state index contributed by atoms with van der Waals surface area (Å²) in [6.07, 6.45) is 1.07. The number of fused-ring (bicyclic) bond motifs is 1. The largest absolute Gasteiger partial charge is 0.391 e. The van der Waals surface area contributed by atoms with Crippen LogP contribution in [0.1, 0.15) is 35.8 Å². The Morgan fingerprint density at radius 2 is 2.30 bits per heavy atom. The molecule has 0 saturated carbocycles. The van der Waals surface area contributed by atoms with E-state index in [4.69, 9.17) is 4.52 Å². The van der Waals surface area contributed by atoms with Crippen molar-refractivity contribution < 1.29 is 14.4 Å². The molecule has 23 heavy (non-hydrogen) atoms. The Morgan fingerprint density at radius 1 is 1.52 bits per heavy atom. The minimum atomic E-state index is -0.411. The van der Waals surface area contributed by atoms with Crippen LogP contribution in [0.15, 0.2) is 16.8 Å². The number of amides is 1. The molecule has 0 aromatic carbocycles. The number of carbonyl (C=O) groups excluding carboxylic acids is 1. The third-order valence-electron chi connectivity index (χ3n) is 4.00. The first-order valence-electron chi connectivity index (χ1n) is 7.48. The zero-order valence-electron chi connectivity index (χ0n) is 13.1. The van der Waals surface area contributed by atoms with Crippen molar-refractivity contribution in [3.63, 3.8) is 0 Å². The molecule has 126 valence electrons. The molecule has 1 aliphatic rings. The summed E-state index contributed by atoms with van der Waals surface area (Å²) in [6, 6.07) is 1.76. The molecular weight excluding hydrogens is 320 g/mol. The lowest BCUT2D eigenvalue weighted by Gasteiger charge is -2.14. The highest BCUT2D eigenvalue weighted by Crippen LogP contribution is 2.24. The lowest BCUT2D eigenvalue weighted by molar-refractivity contribution is 0.0927. The van der Waals surface area contributed by atoms with E-state index in [1.54, 1.807) is 6.07 Å². The summed E-state index contributed by atoms with van der Waals surface area (Å²) in [4.78, 5) is 16.4. The second kappa shape index (κ2) is 7.25. The standard InChI is InChI=1S/C15H20N4O3.ClH/c1-8(2)13-11-3-9(5-18-15(11)22-19-13)14(21)17-6-10-4-16-7-12(10)20;/h3,5,8,10,12,16,20H,4,6-7H2,1-2H3,(H,17,21);1H. The second-order valence-electron chi connectivity index (χ2n) is 5.99. The third-order valence-corrected chi connectivity index (χ3v) is 4.00. The van der Waals surface area contributed by atoms with Crippen LogP contribution < -0.4 is 10.6 Å². The van der Waals surface area contributed by atoms with Crippen LogP contribution in [0.2, 0.25) is 0 Å². The van der Waals surface area contributed by atoms with E-state index in [-0.39, 0.29) is 30.2 Å². The summed E-state index contributed by atoms with van der Waals surface area (Å²) in [5, 5.41) is 20.4. The van der Waals surface area contributed by atoms with Gasteiger partial charge in [-0.2, -0.15) is 0 Å². The predicted molar refractivity (Wildman–Crippen MR) is 87.8 cm³/mol. The normalized spacial score (nSPS) is 20.7. The van der Waals surface area contributed by atoms with Crippen molar-refractivity contribution in [1.29, 1.82) is 0 Å². The number of pyridine rings is 1. The molecule has 0 spiro atoms. The lowest BCUT2D eigenvalue weighted by atomic mass is 10.1. The summed E-state index contributed by atoms with van der Waals surface area (Å²) in [7, 11) is 0. The summed E-state index contributed by atoms with van der Waals surface area (Å²) < 4.78 is 5.17. The van der Waals surface area contributed by atoms with Crippen LogP contribution in [-0.4, -0.2) is 46.9 Å². The minimum Gasteiger partial charge on any atom is -0.391 e. The molecule has 2 aromatic rings. The van der Waals surface area contributed by atoms with Crippen molar-refractivity contribution >= 4 is 29.4 Å². The fourth-order valence-electron chi connectivity index (χ4n) is 2.64. The molecule has 2 aromatic heterocycles. The smallest absolute Gasteiger partial charge is 0.257 e. The first-order valence-corrected chi connectivity index (χ1v) is 7.48. The zero-order valence-corrected chi connectivity index (χ0v) is 13.9. The maximum absolute atomic E-state index is 12.3. The second-order valence-corrected chi connectivity index (χ2v) is 5.99. The SMILES string of the molecule is CC(C)c1noc2ncc(C(=O)NCC3CNCC3O)cc12.Cl. The van der Waals surface area contributed by atoms with Gasteiger partial charge in [0.2, 0.25) is 0 Å². The first kappa shape index (κ1) is 17.7. The van der Waals surface area contributed by atoms with Crippen molar-refractivity contribution in [3.05, 3.63) is 23.5 Å². The molecule has 1 saturated heterocycles. The van der Waals surface area contributed by atoms with Crippen LogP contribution in [-0.2, 0) is 0 Å². The summed E-state index contributed by atoms with van der Waals surface area (Å²) in [5.74, 6) is 0.0351. The Hall–Kier alpha value is -1.70. The fraction of sp³-hybridized carbons (Fsp3) is 0.533. The molecule has 3 heterocycles. The van der Waals surface area contributed by atoms with Crippen molar-refractivity contribution in [2.24, 2.45) is 5.92 Å². The predicted octanol–water partition coefficient (Wildman–Crippen LogP) is 1.08. The van der Waals surface area contributed by atoms with Gasteiger partial charge in [-0.25, -0.2) is 4.98 Å². The van der Waals surface area contributed by atoms with Crippen LogP contribution in [0.5, 0.6) is 0 Å². The number of carbonyl (C=O) groups is 1. The number of nitrogens with zero attached hydrogens (tertiary/aromatic N) is 2. The highest BCUT2D eigenvalue weighted by atomic mass is 35.5. The maximum Gasteiger partial charge on any atom is 0.257 e. The number of β-amino-alcohol motifs (C(OH)–C–C–N with tert-alkyl or cyclic N) is 1. The molecule has 3 rings (SSSR count). The Balaban J connectivity index is 0.00000192. The average Bonchev–Trinajstić information content (AvgIpc) is 3.10. The van der Waals surface area contributed by atoms with Crippen molar-refractivity contribution in [1.82, 2.24) is 20.8 Å². The number of rotatable bonds is 4. The van der Waals surface area contributed by atoms with Crippen molar-refractivity contribution in [3.8, 4) is 0 Å². The molecule has 2 atom stereocenters. The van der Waals surface area contributed by atoms with Gasteiger partial charge in [-0.05, 0) is 12.0 Å². The molecule has 8 heteroatoms. The van der Waals surface area contributed by atoms with E-state index in [1.807, 2.05) is 13.8 Å². The van der Waals surface area contributed by atoms with E-state index in [9.17, 15) is 9.90 Å². The number of aliphatic hydroxyl groups excluding tert-OH is 1. The van der Waals surface area contributed by atoms with Crippen LogP contribution in [0.25, 0.3) is 11.1 Å². The zero-order chi connectivity index (χ0) is 15.7. The number of hydrogen-bond donors (Lipinski definition) is 3. The Labute approximate surface area is 140 Å². The fourth-order valence-corrected chi connectivity index (χ4v) is 2.64. The van der Waals surface area contributed by atoms with E-state index >= 15 is 0 Å². The Kier molecular flexibility index (Phi) is 5.56. The summed E-state index contributed by atoms with van der Waals surface area (Å²) >= 11 is 0. The van der Waals surface area contributed by atoms with Gasteiger partial charge in [0.05, 0.1) is 22.7 Å². The Bertz CT molecular complexity index is 688. The van der Waals surface area contributed by atoms with Crippen LogP contribution in [0, 0.1) is 5.92 Å². The van der Waals surface area contributed by atoms with Gasteiger partial charge in [0.1, 0.15) is 0 Å². The molecule has 0 bridgehead atoms. The van der Waals surface area contributed by atoms with E-state index in [0.29, 0.717) is 30.9 Å². The quantitative estimate of drug-likeness (QED) is 0.770. The lowest BCUT2D eigenvalue weighted by Crippen LogP contribution is -2.34. The van der Waals surface area contributed by atoms with E-state index in [0.717, 1.165) is 11.1 Å². The summed E-state index contributed by atoms with van der Waals surface area (Å²) in [5.41, 5.74) is 1.71. The van der Waals surface area contributed by atoms with Gasteiger partial charge in [0.15, 0.2) is 0 Å². The highest BCUT2D eigenvalue weighted by Gasteiger charge is 2.25. The van der Waals surface area contributed by atoms with E-state index in [2.05, 4.69) is 20.8 Å². The molecular formula is C15H21ClN4O3. The average molecular weight is 341 g/mol. The molecule has 0 radical (unpaired) electrons. The number of aromatic nitrogens is 2. The number of hydrogen-bond acceptors (Lipinski definition) is 6. The molecule has 1 fully saturated rings. The number of aliphatic hydroxyl groups is 1. The van der Waals surface area contributed by atoms with E-state index < -0.39 is 6.10 Å². The molecule has 3 N–H and O–H groups in total. The summed E-state index contributed by atoms with van der Waals surface area (Å²) in [6.45, 7) is 5.75. The monoisotopic (exact) mass is 340 g/mol. The van der Waals surface area contributed by atoms with Gasteiger partial charge < -0.3 is 20.3 Å². The number of nitrogens with one attached hydrogen (secondary N) is 2. The molecule has 2 unspecified atom stereocenters. The highest BCUT2D eigenvalue weighted by molar-refractivity contribution is 5.97. The Morgan fingerprint density at radius 3 is 2.96 bits per heavy atom.